The number of hydrogen-bond donors (Lipinski definition) is 2. The van der Waals surface area contributed by atoms with Crippen LogP contribution in [0.15, 0.2) is 27.1 Å². The molecule has 1 aliphatic rings. The molecule has 0 spiro atoms. The number of rotatable bonds is 2. The van der Waals surface area contributed by atoms with Gasteiger partial charge >= 0.3 is 5.97 Å². The van der Waals surface area contributed by atoms with Gasteiger partial charge in [0.1, 0.15) is 5.58 Å². The van der Waals surface area contributed by atoms with Crippen LogP contribution in [0, 0.1) is 6.92 Å². The number of fused-ring (bicyclic) bond motifs is 1. The number of aliphatic carboxylic acids is 1. The number of aliphatic hydroxyl groups is 1. The van der Waals surface area contributed by atoms with Gasteiger partial charge in [-0.05, 0) is 46.6 Å². The largest absolute Gasteiger partial charge is 0.479 e. The number of hydrogen-bond acceptors (Lipinski definition) is 4. The van der Waals surface area contributed by atoms with Crippen LogP contribution in [0.25, 0.3) is 11.0 Å². The van der Waals surface area contributed by atoms with Crippen LogP contribution in [0.3, 0.4) is 0 Å². The second-order valence-electron chi connectivity index (χ2n) is 5.90. The number of carbonyl (C=O) groups excluding carboxylic acids is 1. The van der Waals surface area contributed by atoms with Gasteiger partial charge in [-0.3, -0.25) is 4.79 Å². The molecule has 0 aliphatic carbocycles. The van der Waals surface area contributed by atoms with Crippen LogP contribution in [-0.2, 0) is 4.79 Å². The second-order valence-corrected chi connectivity index (χ2v) is 6.76. The van der Waals surface area contributed by atoms with E-state index in [2.05, 4.69) is 15.9 Å². The maximum atomic E-state index is 12.5. The molecular weight excluding hydrogens is 366 g/mol. The molecule has 6 nitrogen and oxygen atoms in total. The molecule has 23 heavy (non-hydrogen) atoms. The number of furan rings is 1. The van der Waals surface area contributed by atoms with Gasteiger partial charge in [-0.2, -0.15) is 0 Å². The van der Waals surface area contributed by atoms with E-state index in [1.165, 1.54) is 4.90 Å². The molecule has 0 atom stereocenters. The van der Waals surface area contributed by atoms with Crippen molar-refractivity contribution < 1.29 is 24.2 Å². The monoisotopic (exact) mass is 381 g/mol. The average Bonchev–Trinajstić information content (AvgIpc) is 2.91. The van der Waals surface area contributed by atoms with E-state index >= 15 is 0 Å². The van der Waals surface area contributed by atoms with Gasteiger partial charge in [0.2, 0.25) is 0 Å². The summed E-state index contributed by atoms with van der Waals surface area (Å²) in [5.41, 5.74) is -0.0863. The molecule has 7 heteroatoms. The Labute approximate surface area is 140 Å². The van der Waals surface area contributed by atoms with Crippen LogP contribution in [-0.4, -0.2) is 45.7 Å². The summed E-state index contributed by atoms with van der Waals surface area (Å²) >= 11 is 3.42. The normalized spacial score (nSPS) is 17.4. The number of aryl methyl sites for hydroxylation is 1. The Hall–Kier alpha value is -1.86. The van der Waals surface area contributed by atoms with Crippen molar-refractivity contribution in [2.75, 3.05) is 13.1 Å². The fourth-order valence-corrected chi connectivity index (χ4v) is 3.48. The first-order valence-electron chi connectivity index (χ1n) is 7.25. The Bertz CT molecular complexity index is 789. The van der Waals surface area contributed by atoms with Crippen molar-refractivity contribution in [1.29, 1.82) is 0 Å². The van der Waals surface area contributed by atoms with E-state index in [4.69, 9.17) is 9.52 Å². The predicted molar refractivity (Wildman–Crippen MR) is 86.4 cm³/mol. The van der Waals surface area contributed by atoms with Crippen molar-refractivity contribution in [2.24, 2.45) is 0 Å². The summed E-state index contributed by atoms with van der Waals surface area (Å²) < 4.78 is 6.43. The first-order chi connectivity index (χ1) is 10.8. The Balaban J connectivity index is 1.82. The topological polar surface area (TPSA) is 91.0 Å². The lowest BCUT2D eigenvalue weighted by molar-refractivity contribution is -0.162. The molecule has 1 aromatic heterocycles. The number of carboxylic acids is 1. The highest BCUT2D eigenvalue weighted by Crippen LogP contribution is 2.30. The highest BCUT2D eigenvalue weighted by molar-refractivity contribution is 9.10. The third kappa shape index (κ3) is 2.86. The Kier molecular flexibility index (Phi) is 3.93. The molecule has 1 fully saturated rings. The van der Waals surface area contributed by atoms with Crippen molar-refractivity contribution >= 4 is 38.8 Å². The maximum absolute atomic E-state index is 12.5. The highest BCUT2D eigenvalue weighted by atomic mass is 79.9. The van der Waals surface area contributed by atoms with Gasteiger partial charge in [-0.15, -0.1) is 0 Å². The molecule has 1 aromatic carbocycles. The highest BCUT2D eigenvalue weighted by Gasteiger charge is 2.40. The van der Waals surface area contributed by atoms with Gasteiger partial charge in [0.25, 0.3) is 5.91 Å². The quantitative estimate of drug-likeness (QED) is 0.833. The average molecular weight is 382 g/mol. The molecule has 1 saturated heterocycles. The summed E-state index contributed by atoms with van der Waals surface area (Å²) in [5.74, 6) is -1.32. The fourth-order valence-electron chi connectivity index (χ4n) is 2.81. The summed E-state index contributed by atoms with van der Waals surface area (Å²) in [7, 11) is 0. The molecule has 1 amide bonds. The zero-order valence-corrected chi connectivity index (χ0v) is 14.1. The number of piperidine rings is 1. The predicted octanol–water partition coefficient (Wildman–Crippen LogP) is 2.56. The van der Waals surface area contributed by atoms with Crippen molar-refractivity contribution in [1.82, 2.24) is 4.90 Å². The number of carboxylic acid groups (broad SMARTS) is 1. The van der Waals surface area contributed by atoms with Gasteiger partial charge in [0, 0.05) is 31.3 Å². The van der Waals surface area contributed by atoms with E-state index in [1.807, 2.05) is 19.1 Å². The first kappa shape index (κ1) is 16.0. The van der Waals surface area contributed by atoms with Crippen molar-refractivity contribution in [3.05, 3.63) is 34.0 Å². The molecule has 2 N–H and O–H groups in total. The van der Waals surface area contributed by atoms with E-state index in [-0.39, 0.29) is 37.6 Å². The maximum Gasteiger partial charge on any atom is 0.335 e. The molecular formula is C16H16BrNO5. The van der Waals surface area contributed by atoms with Gasteiger partial charge in [0.15, 0.2) is 11.4 Å². The number of benzene rings is 1. The van der Waals surface area contributed by atoms with Gasteiger partial charge < -0.3 is 19.5 Å². The van der Waals surface area contributed by atoms with Crippen LogP contribution in [0.2, 0.25) is 0 Å². The third-order valence-corrected chi connectivity index (χ3v) is 4.79. The van der Waals surface area contributed by atoms with Gasteiger partial charge in [-0.25, -0.2) is 4.79 Å². The number of carbonyl (C=O) groups is 2. The van der Waals surface area contributed by atoms with E-state index in [1.54, 1.807) is 6.07 Å². The van der Waals surface area contributed by atoms with Crippen LogP contribution >= 0.6 is 15.9 Å². The minimum atomic E-state index is -1.75. The van der Waals surface area contributed by atoms with Crippen LogP contribution < -0.4 is 0 Å². The summed E-state index contributed by atoms with van der Waals surface area (Å²) in [6, 6.07) is 5.53. The number of likely N-dealkylation sites (tertiary alicyclic amines) is 1. The van der Waals surface area contributed by atoms with Crippen molar-refractivity contribution in [2.45, 2.75) is 25.4 Å². The van der Waals surface area contributed by atoms with E-state index in [9.17, 15) is 14.7 Å². The second kappa shape index (κ2) is 5.65. The first-order valence-corrected chi connectivity index (χ1v) is 8.04. The molecule has 1 aliphatic heterocycles. The number of halogens is 1. The molecule has 2 aromatic rings. The number of nitrogens with zero attached hydrogens (tertiary/aromatic N) is 1. The lowest BCUT2D eigenvalue weighted by Gasteiger charge is -2.34. The van der Waals surface area contributed by atoms with E-state index in [0.29, 0.717) is 5.58 Å². The molecule has 0 bridgehead atoms. The molecule has 122 valence electrons. The Morgan fingerprint density at radius 3 is 2.52 bits per heavy atom. The lowest BCUT2D eigenvalue weighted by Crippen LogP contribution is -2.50. The zero-order valence-electron chi connectivity index (χ0n) is 12.5. The van der Waals surface area contributed by atoms with Crippen LogP contribution in [0.5, 0.6) is 0 Å². The van der Waals surface area contributed by atoms with Crippen molar-refractivity contribution in [3.63, 3.8) is 0 Å². The zero-order chi connectivity index (χ0) is 16.8. The summed E-state index contributed by atoms with van der Waals surface area (Å²) in [6.07, 6.45) is 0.0220. The SMILES string of the molecule is Cc1cc(Br)c2oc(C(=O)N3CCC(O)(C(=O)O)CC3)cc2c1. The van der Waals surface area contributed by atoms with Crippen LogP contribution in [0.4, 0.5) is 0 Å². The minimum Gasteiger partial charge on any atom is -0.479 e. The standard InChI is InChI=1S/C16H16BrNO5/c1-9-6-10-8-12(23-13(10)11(17)7-9)14(19)18-4-2-16(22,3-5-18)15(20)21/h6-8,22H,2-5H2,1H3,(H,20,21). The summed E-state index contributed by atoms with van der Waals surface area (Å²) in [6.45, 7) is 2.31. The van der Waals surface area contributed by atoms with Gasteiger partial charge in [-0.1, -0.05) is 0 Å². The van der Waals surface area contributed by atoms with Crippen molar-refractivity contribution in [3.8, 4) is 0 Å². The molecule has 0 saturated carbocycles. The Morgan fingerprint density at radius 2 is 1.91 bits per heavy atom. The fraction of sp³-hybridized carbons (Fsp3) is 0.375. The van der Waals surface area contributed by atoms with Crippen LogP contribution in [0.1, 0.15) is 29.0 Å². The lowest BCUT2D eigenvalue weighted by atomic mass is 9.91. The molecule has 3 rings (SSSR count). The van der Waals surface area contributed by atoms with E-state index < -0.39 is 11.6 Å². The Morgan fingerprint density at radius 1 is 1.26 bits per heavy atom. The summed E-state index contributed by atoms with van der Waals surface area (Å²) in [5, 5.41) is 19.8. The van der Waals surface area contributed by atoms with E-state index in [0.717, 1.165) is 15.4 Å². The smallest absolute Gasteiger partial charge is 0.335 e. The third-order valence-electron chi connectivity index (χ3n) is 4.20. The minimum absolute atomic E-state index is 0.0110. The summed E-state index contributed by atoms with van der Waals surface area (Å²) in [4.78, 5) is 25.1. The molecule has 0 radical (unpaired) electrons. The van der Waals surface area contributed by atoms with Gasteiger partial charge in [0.05, 0.1) is 4.47 Å². The molecule has 2 heterocycles. The number of amides is 1. The molecule has 0 unspecified atom stereocenters.